The van der Waals surface area contributed by atoms with E-state index < -0.39 is 23.3 Å². The first-order valence-corrected chi connectivity index (χ1v) is 5.23. The molecule has 1 heterocycles. The standard InChI is InChI=1S/C11H16N2O3.Na/c1-4-11(6-5-7(2)3)8(14)12-10(16)13-9(11)15;/h4,7H,1,5-6H2,2-3H3,(H2,12,13,14,15,16);/q;+1. The molecule has 0 bridgehead atoms. The van der Waals surface area contributed by atoms with E-state index in [0.717, 1.165) is 0 Å². The number of rotatable bonds is 4. The molecule has 0 saturated carbocycles. The number of imide groups is 2. The van der Waals surface area contributed by atoms with Crippen LogP contribution in [0.25, 0.3) is 0 Å². The molecule has 1 saturated heterocycles. The summed E-state index contributed by atoms with van der Waals surface area (Å²) >= 11 is 0. The third kappa shape index (κ3) is 3.40. The maximum absolute atomic E-state index is 11.7. The summed E-state index contributed by atoms with van der Waals surface area (Å²) in [4.78, 5) is 34.4. The Labute approximate surface area is 123 Å². The van der Waals surface area contributed by atoms with Crippen LogP contribution in [0.15, 0.2) is 12.7 Å². The predicted octanol–water partition coefficient (Wildman–Crippen LogP) is -2.03. The molecule has 0 spiro atoms. The minimum Gasteiger partial charge on any atom is -0.277 e. The summed E-state index contributed by atoms with van der Waals surface area (Å²) < 4.78 is 0. The summed E-state index contributed by atoms with van der Waals surface area (Å²) in [5, 5.41) is 4.19. The Morgan fingerprint density at radius 1 is 1.24 bits per heavy atom. The molecular formula is C11H16N2NaO3+. The van der Waals surface area contributed by atoms with E-state index >= 15 is 0 Å². The van der Waals surface area contributed by atoms with Crippen LogP contribution in [0.5, 0.6) is 0 Å². The Kier molecular flexibility index (Phi) is 6.09. The predicted molar refractivity (Wildman–Crippen MR) is 58.4 cm³/mol. The van der Waals surface area contributed by atoms with Crippen molar-refractivity contribution < 1.29 is 43.9 Å². The molecule has 0 radical (unpaired) electrons. The summed E-state index contributed by atoms with van der Waals surface area (Å²) in [5.41, 5.74) is -1.31. The Morgan fingerprint density at radius 2 is 1.71 bits per heavy atom. The second kappa shape index (κ2) is 6.33. The largest absolute Gasteiger partial charge is 1.00 e. The quantitative estimate of drug-likeness (QED) is 0.341. The summed E-state index contributed by atoms with van der Waals surface area (Å²) in [6, 6.07) is -0.767. The summed E-state index contributed by atoms with van der Waals surface area (Å²) in [6.45, 7) is 7.53. The van der Waals surface area contributed by atoms with Crippen molar-refractivity contribution in [3.8, 4) is 0 Å². The summed E-state index contributed by atoms with van der Waals surface area (Å²) in [5.74, 6) is -0.802. The SMILES string of the molecule is C=CC1(CCC(C)C)C(=O)NC(=O)NC1=O.[Na+]. The third-order valence-electron chi connectivity index (χ3n) is 2.73. The van der Waals surface area contributed by atoms with E-state index in [9.17, 15) is 14.4 Å². The number of carbonyl (C=O) groups is 3. The Bertz CT molecular complexity index is 333. The fourth-order valence-electron chi connectivity index (χ4n) is 1.59. The van der Waals surface area contributed by atoms with Crippen molar-refractivity contribution in [3.63, 3.8) is 0 Å². The van der Waals surface area contributed by atoms with Crippen molar-refractivity contribution >= 4 is 17.8 Å². The zero-order valence-electron chi connectivity index (χ0n) is 10.5. The molecule has 4 amide bonds. The van der Waals surface area contributed by atoms with Gasteiger partial charge in [0.1, 0.15) is 5.41 Å². The first-order valence-electron chi connectivity index (χ1n) is 5.23. The zero-order valence-corrected chi connectivity index (χ0v) is 12.5. The number of hydrogen-bond acceptors (Lipinski definition) is 3. The molecule has 0 unspecified atom stereocenters. The van der Waals surface area contributed by atoms with Gasteiger partial charge in [-0.15, -0.1) is 6.58 Å². The van der Waals surface area contributed by atoms with Crippen LogP contribution >= 0.6 is 0 Å². The van der Waals surface area contributed by atoms with Gasteiger partial charge in [-0.2, -0.15) is 0 Å². The fraction of sp³-hybridized carbons (Fsp3) is 0.545. The summed E-state index contributed by atoms with van der Waals surface area (Å²) in [7, 11) is 0. The molecule has 0 atom stereocenters. The van der Waals surface area contributed by atoms with Crippen LogP contribution in [-0.4, -0.2) is 17.8 Å². The van der Waals surface area contributed by atoms with E-state index in [1.807, 2.05) is 13.8 Å². The number of barbiturate groups is 1. The van der Waals surface area contributed by atoms with Crippen molar-refractivity contribution in [2.24, 2.45) is 11.3 Å². The van der Waals surface area contributed by atoms with Crippen molar-refractivity contribution in [2.75, 3.05) is 0 Å². The molecular weight excluding hydrogens is 231 g/mol. The second-order valence-corrected chi connectivity index (χ2v) is 4.35. The van der Waals surface area contributed by atoms with Crippen LogP contribution in [0, 0.1) is 11.3 Å². The molecule has 0 aromatic rings. The van der Waals surface area contributed by atoms with Gasteiger partial charge in [0.25, 0.3) is 0 Å². The molecule has 0 aliphatic carbocycles. The Balaban J connectivity index is 0.00000256. The Morgan fingerprint density at radius 3 is 2.06 bits per heavy atom. The average molecular weight is 247 g/mol. The maximum atomic E-state index is 11.7. The van der Waals surface area contributed by atoms with Crippen molar-refractivity contribution in [1.29, 1.82) is 0 Å². The van der Waals surface area contributed by atoms with Crippen molar-refractivity contribution in [1.82, 2.24) is 10.6 Å². The smallest absolute Gasteiger partial charge is 0.277 e. The zero-order chi connectivity index (χ0) is 12.3. The molecule has 2 N–H and O–H groups in total. The normalized spacial score (nSPS) is 18.2. The van der Waals surface area contributed by atoms with Gasteiger partial charge in [0.05, 0.1) is 0 Å². The van der Waals surface area contributed by atoms with Crippen LogP contribution in [-0.2, 0) is 9.59 Å². The van der Waals surface area contributed by atoms with Crippen molar-refractivity contribution in [3.05, 3.63) is 12.7 Å². The molecule has 6 heteroatoms. The number of carbonyl (C=O) groups excluding carboxylic acids is 3. The second-order valence-electron chi connectivity index (χ2n) is 4.35. The van der Waals surface area contributed by atoms with Gasteiger partial charge in [-0.3, -0.25) is 20.2 Å². The van der Waals surface area contributed by atoms with Gasteiger partial charge in [-0.25, -0.2) is 4.79 Å². The molecule has 1 aliphatic heterocycles. The van der Waals surface area contributed by atoms with Crippen LogP contribution in [0.1, 0.15) is 26.7 Å². The summed E-state index contributed by atoms with van der Waals surface area (Å²) in [6.07, 6.45) is 2.38. The molecule has 0 aromatic heterocycles. The van der Waals surface area contributed by atoms with E-state index in [0.29, 0.717) is 18.8 Å². The first kappa shape index (κ1) is 16.4. The molecule has 17 heavy (non-hydrogen) atoms. The van der Waals surface area contributed by atoms with Crippen molar-refractivity contribution in [2.45, 2.75) is 26.7 Å². The Hall–Kier alpha value is -0.650. The van der Waals surface area contributed by atoms with Crippen LogP contribution < -0.4 is 40.2 Å². The number of nitrogens with one attached hydrogen (secondary N) is 2. The minimum absolute atomic E-state index is 0. The fourth-order valence-corrected chi connectivity index (χ4v) is 1.59. The third-order valence-corrected chi connectivity index (χ3v) is 2.73. The van der Waals surface area contributed by atoms with E-state index in [2.05, 4.69) is 17.2 Å². The van der Waals surface area contributed by atoms with Gasteiger partial charge in [0.2, 0.25) is 11.8 Å². The minimum atomic E-state index is -1.31. The van der Waals surface area contributed by atoms with E-state index in [1.54, 1.807) is 0 Å². The van der Waals surface area contributed by atoms with Crippen LogP contribution in [0.4, 0.5) is 4.79 Å². The van der Waals surface area contributed by atoms with E-state index in [1.165, 1.54) is 6.08 Å². The topological polar surface area (TPSA) is 75.3 Å². The maximum Gasteiger partial charge on any atom is 1.00 e. The molecule has 5 nitrogen and oxygen atoms in total. The average Bonchev–Trinajstić information content (AvgIpc) is 2.17. The molecule has 1 aliphatic rings. The number of amides is 4. The van der Waals surface area contributed by atoms with Gasteiger partial charge in [0.15, 0.2) is 0 Å². The molecule has 1 fully saturated rings. The number of hydrogen-bond donors (Lipinski definition) is 2. The van der Waals surface area contributed by atoms with Crippen LogP contribution in [0.2, 0.25) is 0 Å². The van der Waals surface area contributed by atoms with Crippen LogP contribution in [0.3, 0.4) is 0 Å². The van der Waals surface area contributed by atoms with Gasteiger partial charge < -0.3 is 0 Å². The van der Waals surface area contributed by atoms with E-state index in [-0.39, 0.29) is 29.6 Å². The molecule has 0 aromatic carbocycles. The van der Waals surface area contributed by atoms with Gasteiger partial charge >= 0.3 is 35.6 Å². The van der Waals surface area contributed by atoms with Gasteiger partial charge in [0, 0.05) is 0 Å². The van der Waals surface area contributed by atoms with Gasteiger partial charge in [-0.05, 0) is 18.8 Å². The molecule has 1 rings (SSSR count). The molecule has 88 valence electrons. The number of urea groups is 1. The monoisotopic (exact) mass is 247 g/mol. The van der Waals surface area contributed by atoms with Gasteiger partial charge in [-0.1, -0.05) is 19.9 Å². The first-order chi connectivity index (χ1) is 7.42. The van der Waals surface area contributed by atoms with E-state index in [4.69, 9.17) is 0 Å².